The van der Waals surface area contributed by atoms with E-state index >= 15 is 0 Å². The van der Waals surface area contributed by atoms with E-state index in [2.05, 4.69) is 15.9 Å². The number of hydrogen-bond donors (Lipinski definition) is 0. The van der Waals surface area contributed by atoms with Crippen LogP contribution in [0.2, 0.25) is 0 Å². The second-order valence-electron chi connectivity index (χ2n) is 3.47. The van der Waals surface area contributed by atoms with E-state index in [0.717, 1.165) is 0 Å². The molecule has 0 spiro atoms. The quantitative estimate of drug-likeness (QED) is 0.617. The van der Waals surface area contributed by atoms with Gasteiger partial charge in [0, 0.05) is 31.1 Å². The Morgan fingerprint density at radius 1 is 1.25 bits per heavy atom. The third-order valence-corrected chi connectivity index (χ3v) is 2.24. The molecule has 0 radical (unpaired) electrons. The minimum atomic E-state index is -0.415. The van der Waals surface area contributed by atoms with Gasteiger partial charge in [0.1, 0.15) is 5.75 Å². The van der Waals surface area contributed by atoms with Gasteiger partial charge in [0.05, 0.1) is 0 Å². The predicted octanol–water partition coefficient (Wildman–Crippen LogP) is 2.08. The highest BCUT2D eigenvalue weighted by Crippen LogP contribution is 2.22. The number of halogens is 1. The van der Waals surface area contributed by atoms with Gasteiger partial charge in [-0.1, -0.05) is 15.9 Å². The molecular formula is C11H12BrNO3. The van der Waals surface area contributed by atoms with Crippen LogP contribution in [0.3, 0.4) is 0 Å². The van der Waals surface area contributed by atoms with Crippen LogP contribution in [0, 0.1) is 0 Å². The zero-order valence-electron chi connectivity index (χ0n) is 9.28. The molecule has 0 N–H and O–H groups in total. The Morgan fingerprint density at radius 2 is 1.88 bits per heavy atom. The summed E-state index contributed by atoms with van der Waals surface area (Å²) in [5.41, 5.74) is 0.468. The van der Waals surface area contributed by atoms with Crippen molar-refractivity contribution in [3.63, 3.8) is 0 Å². The van der Waals surface area contributed by atoms with Crippen LogP contribution < -0.4 is 4.74 Å². The van der Waals surface area contributed by atoms with Gasteiger partial charge < -0.3 is 9.64 Å². The number of carbonyl (C=O) groups is 2. The number of rotatable bonds is 2. The summed E-state index contributed by atoms with van der Waals surface area (Å²) in [7, 11) is 3.32. The predicted molar refractivity (Wildman–Crippen MR) is 63.5 cm³/mol. The Morgan fingerprint density at radius 3 is 2.38 bits per heavy atom. The average Bonchev–Trinajstić information content (AvgIpc) is 2.14. The molecule has 0 aliphatic carbocycles. The van der Waals surface area contributed by atoms with Crippen molar-refractivity contribution in [2.45, 2.75) is 6.92 Å². The largest absolute Gasteiger partial charge is 0.427 e. The Hall–Kier alpha value is -1.36. The summed E-state index contributed by atoms with van der Waals surface area (Å²) in [5.74, 6) is -0.205. The normalized spacial score (nSPS) is 9.75. The first-order valence-electron chi connectivity index (χ1n) is 4.61. The van der Waals surface area contributed by atoms with Gasteiger partial charge in [0.2, 0.25) is 0 Å². The van der Waals surface area contributed by atoms with Crippen molar-refractivity contribution in [3.8, 4) is 5.75 Å². The van der Waals surface area contributed by atoms with Crippen LogP contribution in [0.15, 0.2) is 22.7 Å². The van der Waals surface area contributed by atoms with E-state index in [4.69, 9.17) is 4.74 Å². The first kappa shape index (κ1) is 12.7. The third kappa shape index (κ3) is 3.34. The molecule has 5 heteroatoms. The minimum Gasteiger partial charge on any atom is -0.427 e. The van der Waals surface area contributed by atoms with Crippen LogP contribution >= 0.6 is 15.9 Å². The molecule has 0 saturated carbocycles. The second-order valence-corrected chi connectivity index (χ2v) is 4.38. The number of amides is 1. The smallest absolute Gasteiger partial charge is 0.308 e. The number of esters is 1. The SMILES string of the molecule is CC(=O)Oc1cc(Br)cc(C(=O)N(C)C)c1. The molecular weight excluding hydrogens is 274 g/mol. The van der Waals surface area contributed by atoms with Gasteiger partial charge in [-0.25, -0.2) is 0 Å². The average molecular weight is 286 g/mol. The lowest BCUT2D eigenvalue weighted by atomic mass is 10.2. The van der Waals surface area contributed by atoms with E-state index < -0.39 is 5.97 Å². The third-order valence-electron chi connectivity index (χ3n) is 1.79. The summed E-state index contributed by atoms with van der Waals surface area (Å²) in [4.78, 5) is 24.0. The van der Waals surface area contributed by atoms with Gasteiger partial charge in [-0.3, -0.25) is 9.59 Å². The second kappa shape index (κ2) is 5.12. The molecule has 0 aliphatic rings. The molecule has 86 valence electrons. The fourth-order valence-electron chi connectivity index (χ4n) is 1.17. The monoisotopic (exact) mass is 285 g/mol. The van der Waals surface area contributed by atoms with Crippen LogP contribution in [-0.4, -0.2) is 30.9 Å². The number of ether oxygens (including phenoxy) is 1. The van der Waals surface area contributed by atoms with Crippen LogP contribution in [0.5, 0.6) is 5.75 Å². The van der Waals surface area contributed by atoms with E-state index in [1.807, 2.05) is 0 Å². The Bertz CT molecular complexity index is 429. The Balaban J connectivity index is 3.07. The summed E-state index contributed by atoms with van der Waals surface area (Å²) >= 11 is 3.26. The van der Waals surface area contributed by atoms with E-state index in [-0.39, 0.29) is 5.91 Å². The lowest BCUT2D eigenvalue weighted by Gasteiger charge is -2.11. The van der Waals surface area contributed by atoms with Crippen LogP contribution in [-0.2, 0) is 4.79 Å². The van der Waals surface area contributed by atoms with Gasteiger partial charge in [-0.15, -0.1) is 0 Å². The van der Waals surface area contributed by atoms with Crippen LogP contribution in [0.1, 0.15) is 17.3 Å². The van der Waals surface area contributed by atoms with Crippen molar-refractivity contribution in [2.75, 3.05) is 14.1 Å². The van der Waals surface area contributed by atoms with Crippen molar-refractivity contribution < 1.29 is 14.3 Å². The van der Waals surface area contributed by atoms with E-state index in [9.17, 15) is 9.59 Å². The van der Waals surface area contributed by atoms with Crippen molar-refractivity contribution in [3.05, 3.63) is 28.2 Å². The maximum absolute atomic E-state index is 11.7. The standard InChI is InChI=1S/C11H12BrNO3/c1-7(14)16-10-5-8(4-9(12)6-10)11(15)13(2)3/h4-6H,1-3H3. The zero-order valence-corrected chi connectivity index (χ0v) is 10.9. The van der Waals surface area contributed by atoms with Crippen LogP contribution in [0.25, 0.3) is 0 Å². The molecule has 4 nitrogen and oxygen atoms in total. The Kier molecular flexibility index (Phi) is 4.06. The fraction of sp³-hybridized carbons (Fsp3) is 0.273. The Labute approximate surface area is 102 Å². The maximum atomic E-state index is 11.7. The molecule has 0 aromatic heterocycles. The summed E-state index contributed by atoms with van der Waals surface area (Å²) in [6.45, 7) is 1.31. The lowest BCUT2D eigenvalue weighted by Crippen LogP contribution is -2.21. The van der Waals surface area contributed by atoms with Gasteiger partial charge in [-0.2, -0.15) is 0 Å². The highest BCUT2D eigenvalue weighted by atomic mass is 79.9. The number of benzene rings is 1. The molecule has 0 saturated heterocycles. The molecule has 1 aromatic carbocycles. The molecule has 0 bridgehead atoms. The molecule has 0 aliphatic heterocycles. The van der Waals surface area contributed by atoms with Gasteiger partial charge in [0.25, 0.3) is 5.91 Å². The first-order chi connectivity index (χ1) is 7.40. The molecule has 0 fully saturated rings. The summed E-state index contributed by atoms with van der Waals surface area (Å²) in [5, 5.41) is 0. The molecule has 0 unspecified atom stereocenters. The molecule has 16 heavy (non-hydrogen) atoms. The highest BCUT2D eigenvalue weighted by molar-refractivity contribution is 9.10. The fourth-order valence-corrected chi connectivity index (χ4v) is 1.64. The minimum absolute atomic E-state index is 0.144. The topological polar surface area (TPSA) is 46.6 Å². The van der Waals surface area contributed by atoms with Gasteiger partial charge in [-0.05, 0) is 18.2 Å². The summed E-state index contributed by atoms with van der Waals surface area (Å²) in [6, 6.07) is 4.84. The van der Waals surface area contributed by atoms with Crippen LogP contribution in [0.4, 0.5) is 0 Å². The molecule has 1 aromatic rings. The molecule has 1 rings (SSSR count). The van der Waals surface area contributed by atoms with Crippen molar-refractivity contribution in [1.82, 2.24) is 4.90 Å². The van der Waals surface area contributed by atoms with Crippen molar-refractivity contribution >= 4 is 27.8 Å². The van der Waals surface area contributed by atoms with E-state index in [0.29, 0.717) is 15.8 Å². The zero-order chi connectivity index (χ0) is 12.3. The highest BCUT2D eigenvalue weighted by Gasteiger charge is 2.11. The first-order valence-corrected chi connectivity index (χ1v) is 5.40. The van der Waals surface area contributed by atoms with Gasteiger partial charge in [0.15, 0.2) is 0 Å². The van der Waals surface area contributed by atoms with Crippen molar-refractivity contribution in [1.29, 1.82) is 0 Å². The van der Waals surface area contributed by atoms with E-state index in [1.165, 1.54) is 17.9 Å². The van der Waals surface area contributed by atoms with Gasteiger partial charge >= 0.3 is 5.97 Å². The number of carbonyl (C=O) groups excluding carboxylic acids is 2. The maximum Gasteiger partial charge on any atom is 0.308 e. The lowest BCUT2D eigenvalue weighted by molar-refractivity contribution is -0.131. The summed E-state index contributed by atoms with van der Waals surface area (Å²) in [6.07, 6.45) is 0. The molecule has 0 heterocycles. The summed E-state index contributed by atoms with van der Waals surface area (Å²) < 4.78 is 5.62. The van der Waals surface area contributed by atoms with E-state index in [1.54, 1.807) is 26.2 Å². The number of nitrogens with zero attached hydrogens (tertiary/aromatic N) is 1. The number of hydrogen-bond acceptors (Lipinski definition) is 3. The van der Waals surface area contributed by atoms with Crippen molar-refractivity contribution in [2.24, 2.45) is 0 Å². The molecule has 0 atom stereocenters. The molecule has 1 amide bonds.